The van der Waals surface area contributed by atoms with Crippen molar-refractivity contribution >= 4 is 17.6 Å². The molecule has 0 spiro atoms. The van der Waals surface area contributed by atoms with Gasteiger partial charge in [-0.05, 0) is 48.5 Å². The van der Waals surface area contributed by atoms with Crippen molar-refractivity contribution in [2.75, 3.05) is 11.9 Å². The summed E-state index contributed by atoms with van der Waals surface area (Å²) in [6.45, 7) is 0.520. The number of carbonyl (C=O) groups is 2. The Balaban J connectivity index is 1.21. The van der Waals surface area contributed by atoms with Crippen molar-refractivity contribution in [3.8, 4) is 5.69 Å². The monoisotopic (exact) mass is 457 g/mol. The van der Waals surface area contributed by atoms with Gasteiger partial charge in [0.2, 0.25) is 0 Å². The predicted molar refractivity (Wildman–Crippen MR) is 128 cm³/mol. The lowest BCUT2D eigenvalue weighted by Gasteiger charge is -2.09. The van der Waals surface area contributed by atoms with Gasteiger partial charge in [0.15, 0.2) is 0 Å². The fourth-order valence-electron chi connectivity index (χ4n) is 3.32. The van der Waals surface area contributed by atoms with Crippen LogP contribution < -0.4 is 16.0 Å². The van der Waals surface area contributed by atoms with Gasteiger partial charge in [-0.3, -0.25) is 4.79 Å². The molecule has 0 saturated heterocycles. The van der Waals surface area contributed by atoms with Gasteiger partial charge >= 0.3 is 6.03 Å². The quantitative estimate of drug-likeness (QED) is 0.369. The topological polar surface area (TPSA) is 88.1 Å². The number of aromatic nitrogens is 2. The van der Waals surface area contributed by atoms with Crippen LogP contribution in [0.2, 0.25) is 0 Å². The first kappa shape index (κ1) is 22.7. The maximum atomic E-state index is 13.7. The number of para-hydroxylation sites is 1. The summed E-state index contributed by atoms with van der Waals surface area (Å²) in [5.41, 5.74) is 3.23. The van der Waals surface area contributed by atoms with E-state index in [9.17, 15) is 14.0 Å². The molecule has 4 aromatic rings. The van der Waals surface area contributed by atoms with E-state index in [0.717, 1.165) is 11.4 Å². The van der Waals surface area contributed by atoms with Crippen LogP contribution in [-0.4, -0.2) is 28.3 Å². The van der Waals surface area contributed by atoms with Crippen LogP contribution in [0.5, 0.6) is 0 Å². The lowest BCUT2D eigenvalue weighted by Crippen LogP contribution is -2.30. The average molecular weight is 458 g/mol. The summed E-state index contributed by atoms with van der Waals surface area (Å²) in [5.74, 6) is -0.688. The molecule has 3 aromatic carbocycles. The molecule has 0 aliphatic rings. The van der Waals surface area contributed by atoms with E-state index in [4.69, 9.17) is 0 Å². The maximum absolute atomic E-state index is 13.7. The highest BCUT2D eigenvalue weighted by molar-refractivity contribution is 5.95. The van der Waals surface area contributed by atoms with Gasteiger partial charge in [0.05, 0.1) is 11.4 Å². The minimum atomic E-state index is -0.363. The molecule has 0 atom stereocenters. The van der Waals surface area contributed by atoms with Crippen LogP contribution in [0.1, 0.15) is 21.6 Å². The van der Waals surface area contributed by atoms with E-state index in [1.807, 2.05) is 42.6 Å². The molecule has 0 bridgehead atoms. The molecule has 7 nitrogen and oxygen atoms in total. The van der Waals surface area contributed by atoms with Gasteiger partial charge in [0, 0.05) is 42.5 Å². The smallest absolute Gasteiger partial charge is 0.319 e. The largest absolute Gasteiger partial charge is 0.348 e. The molecule has 8 heteroatoms. The summed E-state index contributed by atoms with van der Waals surface area (Å²) in [5, 5.41) is 12.7. The summed E-state index contributed by atoms with van der Waals surface area (Å²) in [6.07, 6.45) is 2.48. The third-order valence-electron chi connectivity index (χ3n) is 5.13. The Labute approximate surface area is 196 Å². The average Bonchev–Trinajstić information content (AvgIpc) is 3.33. The van der Waals surface area contributed by atoms with Crippen molar-refractivity contribution in [1.29, 1.82) is 0 Å². The normalized spacial score (nSPS) is 10.5. The number of rotatable bonds is 8. The first-order valence-electron chi connectivity index (χ1n) is 10.8. The van der Waals surface area contributed by atoms with E-state index in [2.05, 4.69) is 21.0 Å². The zero-order valence-corrected chi connectivity index (χ0v) is 18.4. The van der Waals surface area contributed by atoms with E-state index >= 15 is 0 Å². The molecule has 1 heterocycles. The Hall–Kier alpha value is -4.46. The number of carbonyl (C=O) groups excluding carboxylic acids is 2. The molecule has 4 rings (SSSR count). The molecule has 1 aromatic heterocycles. The van der Waals surface area contributed by atoms with Crippen molar-refractivity contribution in [3.63, 3.8) is 0 Å². The summed E-state index contributed by atoms with van der Waals surface area (Å²) in [6, 6.07) is 24.1. The summed E-state index contributed by atoms with van der Waals surface area (Å²) < 4.78 is 15.5. The molecule has 0 radical (unpaired) electrons. The molecular formula is C26H24FN5O2. The number of urea groups is 1. The molecule has 0 saturated carbocycles. The molecule has 34 heavy (non-hydrogen) atoms. The van der Waals surface area contributed by atoms with Crippen LogP contribution in [-0.2, 0) is 13.0 Å². The number of halogens is 1. The maximum Gasteiger partial charge on any atom is 0.319 e. The molecule has 3 N–H and O–H groups in total. The van der Waals surface area contributed by atoms with E-state index in [1.165, 1.54) is 6.07 Å². The van der Waals surface area contributed by atoms with Crippen molar-refractivity contribution in [2.45, 2.75) is 13.0 Å². The zero-order valence-electron chi connectivity index (χ0n) is 18.4. The second kappa shape index (κ2) is 10.9. The minimum Gasteiger partial charge on any atom is -0.348 e. The number of hydrogen-bond donors (Lipinski definition) is 3. The van der Waals surface area contributed by atoms with Crippen molar-refractivity contribution in [1.82, 2.24) is 20.4 Å². The third kappa shape index (κ3) is 6.07. The molecule has 0 aliphatic heterocycles. The summed E-state index contributed by atoms with van der Waals surface area (Å²) in [7, 11) is 0. The Morgan fingerprint density at radius 3 is 2.35 bits per heavy atom. The Bertz CT molecular complexity index is 1260. The number of nitrogens with zero attached hydrogens (tertiary/aromatic N) is 2. The van der Waals surface area contributed by atoms with Gasteiger partial charge in [-0.25, -0.2) is 13.9 Å². The van der Waals surface area contributed by atoms with Crippen molar-refractivity contribution in [3.05, 3.63) is 114 Å². The molecule has 0 unspecified atom stereocenters. The van der Waals surface area contributed by atoms with Crippen LogP contribution in [0.15, 0.2) is 91.1 Å². The van der Waals surface area contributed by atoms with Gasteiger partial charge in [-0.2, -0.15) is 5.10 Å². The van der Waals surface area contributed by atoms with E-state index in [1.54, 1.807) is 47.1 Å². The van der Waals surface area contributed by atoms with Gasteiger partial charge in [-0.1, -0.05) is 36.4 Å². The second-order valence-electron chi connectivity index (χ2n) is 7.57. The molecule has 3 amide bonds. The van der Waals surface area contributed by atoms with Crippen LogP contribution in [0.3, 0.4) is 0 Å². The van der Waals surface area contributed by atoms with Crippen LogP contribution in [0.25, 0.3) is 5.69 Å². The van der Waals surface area contributed by atoms with Crippen LogP contribution in [0.4, 0.5) is 14.9 Å². The van der Waals surface area contributed by atoms with Crippen LogP contribution in [0, 0.1) is 5.82 Å². The van der Waals surface area contributed by atoms with Gasteiger partial charge in [0.1, 0.15) is 5.82 Å². The SMILES string of the molecule is O=C(NCCc1ccn(-c2ccccc2)n1)Nc1ccc(C(=O)NCc2ccccc2F)cc1. The molecular weight excluding hydrogens is 433 g/mol. The highest BCUT2D eigenvalue weighted by Gasteiger charge is 2.08. The summed E-state index contributed by atoms with van der Waals surface area (Å²) >= 11 is 0. The number of benzene rings is 3. The number of hydrogen-bond acceptors (Lipinski definition) is 3. The van der Waals surface area contributed by atoms with E-state index in [-0.39, 0.29) is 24.3 Å². The first-order valence-corrected chi connectivity index (χ1v) is 10.8. The highest BCUT2D eigenvalue weighted by Crippen LogP contribution is 2.11. The van der Waals surface area contributed by atoms with Crippen molar-refractivity contribution in [2.24, 2.45) is 0 Å². The van der Waals surface area contributed by atoms with Crippen molar-refractivity contribution < 1.29 is 14.0 Å². The number of amides is 3. The predicted octanol–water partition coefficient (Wildman–Crippen LogP) is 4.31. The van der Waals surface area contributed by atoms with Crippen LogP contribution >= 0.6 is 0 Å². The Morgan fingerprint density at radius 1 is 0.853 bits per heavy atom. The molecule has 0 fully saturated rings. The Kier molecular flexibility index (Phi) is 7.29. The zero-order chi connectivity index (χ0) is 23.8. The highest BCUT2D eigenvalue weighted by atomic mass is 19.1. The van der Waals surface area contributed by atoms with E-state index < -0.39 is 0 Å². The van der Waals surface area contributed by atoms with E-state index in [0.29, 0.717) is 29.8 Å². The fourth-order valence-corrected chi connectivity index (χ4v) is 3.32. The van der Waals surface area contributed by atoms with Gasteiger partial charge < -0.3 is 16.0 Å². The lowest BCUT2D eigenvalue weighted by atomic mass is 10.1. The lowest BCUT2D eigenvalue weighted by molar-refractivity contribution is 0.0950. The second-order valence-corrected chi connectivity index (χ2v) is 7.57. The molecule has 172 valence electrons. The number of nitrogens with one attached hydrogen (secondary N) is 3. The number of anilines is 1. The summed E-state index contributed by atoms with van der Waals surface area (Å²) in [4.78, 5) is 24.5. The third-order valence-corrected chi connectivity index (χ3v) is 5.13. The fraction of sp³-hybridized carbons (Fsp3) is 0.115. The Morgan fingerprint density at radius 2 is 1.59 bits per heavy atom. The minimum absolute atomic E-state index is 0.0947. The van der Waals surface area contributed by atoms with Gasteiger partial charge in [0.25, 0.3) is 5.91 Å². The molecule has 0 aliphatic carbocycles. The standard InChI is InChI=1S/C26H24FN5O2/c27-24-9-5-4-6-20(24)18-29-25(33)19-10-12-21(13-11-19)30-26(34)28-16-14-22-15-17-32(31-22)23-7-2-1-3-8-23/h1-13,15,17H,14,16,18H2,(H,29,33)(H2,28,30,34). The van der Waals surface area contributed by atoms with Gasteiger partial charge in [-0.15, -0.1) is 0 Å². The first-order chi connectivity index (χ1) is 16.6.